The van der Waals surface area contributed by atoms with E-state index in [4.69, 9.17) is 15.2 Å². The summed E-state index contributed by atoms with van der Waals surface area (Å²) in [5.41, 5.74) is 5.47. The molecule has 3 rings (SSSR count). The number of nitrogen functional groups attached to an aromatic ring is 1. The van der Waals surface area contributed by atoms with Crippen LogP contribution in [-0.2, 0) is 9.53 Å². The number of benzene rings is 1. The van der Waals surface area contributed by atoms with Crippen LogP contribution in [-0.4, -0.2) is 65.3 Å². The van der Waals surface area contributed by atoms with Crippen molar-refractivity contribution < 1.29 is 19.1 Å². The number of morpholine rings is 1. The van der Waals surface area contributed by atoms with Crippen LogP contribution in [0.15, 0.2) is 34.2 Å². The molecule has 30 heavy (non-hydrogen) atoms. The van der Waals surface area contributed by atoms with Crippen molar-refractivity contribution >= 4 is 35.1 Å². The van der Waals surface area contributed by atoms with Gasteiger partial charge in [-0.1, -0.05) is 11.8 Å². The Morgan fingerprint density at radius 1 is 1.30 bits per heavy atom. The Kier molecular flexibility index (Phi) is 7.31. The monoisotopic (exact) mass is 433 g/mol. The number of aromatic amines is 1. The van der Waals surface area contributed by atoms with E-state index in [1.807, 2.05) is 6.92 Å². The Bertz CT molecular complexity index is 957. The van der Waals surface area contributed by atoms with E-state index in [0.29, 0.717) is 44.2 Å². The molecule has 1 aromatic heterocycles. The highest BCUT2D eigenvalue weighted by Gasteiger charge is 2.18. The second kappa shape index (κ2) is 10.1. The highest BCUT2D eigenvalue weighted by Crippen LogP contribution is 2.19. The fourth-order valence-electron chi connectivity index (χ4n) is 2.75. The van der Waals surface area contributed by atoms with E-state index < -0.39 is 11.5 Å². The summed E-state index contributed by atoms with van der Waals surface area (Å²) in [5.74, 6) is 0.0538. The summed E-state index contributed by atoms with van der Waals surface area (Å²) in [5, 5.41) is 2.69. The second-order valence-electron chi connectivity index (χ2n) is 6.32. The predicted molar refractivity (Wildman–Crippen MR) is 113 cm³/mol. The Labute approximate surface area is 177 Å². The number of H-pyrrole nitrogens is 1. The SMILES string of the molecule is CCOc1ccc(C(=O)Nc2c(N)nc(SCC(=O)N3CCOCC3)[nH]c2=O)cc1. The van der Waals surface area contributed by atoms with Gasteiger partial charge in [-0.05, 0) is 31.2 Å². The first kappa shape index (κ1) is 21.7. The molecule has 0 aliphatic carbocycles. The summed E-state index contributed by atoms with van der Waals surface area (Å²) in [6.45, 7) is 4.50. The van der Waals surface area contributed by atoms with E-state index in [-0.39, 0.29) is 28.3 Å². The molecule has 1 aliphatic rings. The number of hydrogen-bond acceptors (Lipinski definition) is 8. The van der Waals surface area contributed by atoms with Crippen molar-refractivity contribution in [3.63, 3.8) is 0 Å². The minimum absolute atomic E-state index is 0.0719. The zero-order chi connectivity index (χ0) is 21.5. The molecule has 2 aromatic rings. The molecule has 160 valence electrons. The van der Waals surface area contributed by atoms with Crippen LogP contribution in [0.5, 0.6) is 5.75 Å². The Morgan fingerprint density at radius 2 is 2.00 bits per heavy atom. The van der Waals surface area contributed by atoms with Crippen LogP contribution in [0.3, 0.4) is 0 Å². The van der Waals surface area contributed by atoms with Gasteiger partial charge in [-0.15, -0.1) is 0 Å². The summed E-state index contributed by atoms with van der Waals surface area (Å²) >= 11 is 1.08. The number of aromatic nitrogens is 2. The number of ether oxygens (including phenoxy) is 2. The third-order valence-corrected chi connectivity index (χ3v) is 5.15. The predicted octanol–water partition coefficient (Wildman–Crippen LogP) is 0.954. The number of rotatable bonds is 7. The molecule has 1 aromatic carbocycles. The average molecular weight is 433 g/mol. The number of thioether (sulfide) groups is 1. The topological polar surface area (TPSA) is 140 Å². The van der Waals surface area contributed by atoms with Crippen molar-refractivity contribution in [2.45, 2.75) is 12.1 Å². The van der Waals surface area contributed by atoms with Gasteiger partial charge in [0.15, 0.2) is 11.0 Å². The molecule has 10 nitrogen and oxygen atoms in total. The molecule has 0 bridgehead atoms. The number of carbonyl (C=O) groups is 2. The van der Waals surface area contributed by atoms with Crippen molar-refractivity contribution in [1.82, 2.24) is 14.9 Å². The molecule has 0 radical (unpaired) electrons. The lowest BCUT2D eigenvalue weighted by Crippen LogP contribution is -2.41. The third kappa shape index (κ3) is 5.51. The smallest absolute Gasteiger partial charge is 0.277 e. The lowest BCUT2D eigenvalue weighted by Gasteiger charge is -2.26. The van der Waals surface area contributed by atoms with Crippen molar-refractivity contribution in [3.05, 3.63) is 40.2 Å². The van der Waals surface area contributed by atoms with Gasteiger partial charge >= 0.3 is 0 Å². The Hall–Kier alpha value is -3.05. The van der Waals surface area contributed by atoms with Crippen LogP contribution >= 0.6 is 11.8 Å². The summed E-state index contributed by atoms with van der Waals surface area (Å²) in [4.78, 5) is 45.3. The summed E-state index contributed by atoms with van der Waals surface area (Å²) in [6.07, 6.45) is 0. The fraction of sp³-hybridized carbons (Fsp3) is 0.368. The molecular formula is C19H23N5O5S. The minimum atomic E-state index is -0.594. The first-order valence-electron chi connectivity index (χ1n) is 9.40. The Balaban J connectivity index is 1.63. The molecule has 2 heterocycles. The molecule has 4 N–H and O–H groups in total. The molecule has 11 heteroatoms. The molecule has 1 aliphatic heterocycles. The largest absolute Gasteiger partial charge is 0.494 e. The van der Waals surface area contributed by atoms with Gasteiger partial charge in [-0.3, -0.25) is 19.4 Å². The number of nitrogens with one attached hydrogen (secondary N) is 2. The zero-order valence-electron chi connectivity index (χ0n) is 16.5. The van der Waals surface area contributed by atoms with Gasteiger partial charge < -0.3 is 25.4 Å². The standard InChI is InChI=1S/C19H23N5O5S/c1-2-29-13-5-3-12(4-6-13)17(26)21-15-16(20)22-19(23-18(15)27)30-11-14(25)24-7-9-28-10-8-24/h3-6H,2,7-11H2,1H3,(H,21,26)(H3,20,22,23,27). The number of hydrogen-bond donors (Lipinski definition) is 3. The Morgan fingerprint density at radius 3 is 2.63 bits per heavy atom. The highest BCUT2D eigenvalue weighted by atomic mass is 32.2. The summed E-state index contributed by atoms with van der Waals surface area (Å²) in [7, 11) is 0. The van der Waals surface area contributed by atoms with Crippen molar-refractivity contribution in [2.24, 2.45) is 0 Å². The molecule has 0 spiro atoms. The number of anilines is 2. The van der Waals surface area contributed by atoms with Crippen molar-refractivity contribution in [1.29, 1.82) is 0 Å². The molecule has 0 unspecified atom stereocenters. The maximum absolute atomic E-state index is 12.4. The van der Waals surface area contributed by atoms with E-state index in [1.165, 1.54) is 0 Å². The van der Waals surface area contributed by atoms with E-state index in [9.17, 15) is 14.4 Å². The lowest BCUT2D eigenvalue weighted by molar-refractivity contribution is -0.132. The zero-order valence-corrected chi connectivity index (χ0v) is 17.3. The maximum Gasteiger partial charge on any atom is 0.277 e. The fourth-order valence-corrected chi connectivity index (χ4v) is 3.52. The van der Waals surface area contributed by atoms with E-state index in [2.05, 4.69) is 15.3 Å². The molecule has 0 saturated carbocycles. The lowest BCUT2D eigenvalue weighted by atomic mass is 10.2. The molecular weight excluding hydrogens is 410 g/mol. The van der Waals surface area contributed by atoms with Crippen LogP contribution in [0, 0.1) is 0 Å². The van der Waals surface area contributed by atoms with Gasteiger partial charge in [0.05, 0.1) is 25.6 Å². The average Bonchev–Trinajstić information content (AvgIpc) is 2.76. The van der Waals surface area contributed by atoms with Gasteiger partial charge in [-0.25, -0.2) is 4.98 Å². The number of nitrogens with zero attached hydrogens (tertiary/aromatic N) is 2. The molecule has 0 atom stereocenters. The van der Waals surface area contributed by atoms with E-state index in [1.54, 1.807) is 29.2 Å². The van der Waals surface area contributed by atoms with Crippen LogP contribution in [0.25, 0.3) is 0 Å². The third-order valence-electron chi connectivity index (χ3n) is 4.29. The summed E-state index contributed by atoms with van der Waals surface area (Å²) in [6, 6.07) is 6.49. The van der Waals surface area contributed by atoms with Crippen LogP contribution < -0.4 is 21.3 Å². The minimum Gasteiger partial charge on any atom is -0.494 e. The summed E-state index contributed by atoms with van der Waals surface area (Å²) < 4.78 is 10.6. The van der Waals surface area contributed by atoms with Crippen molar-refractivity contribution in [3.8, 4) is 5.75 Å². The molecule has 1 fully saturated rings. The number of amides is 2. The van der Waals surface area contributed by atoms with Gasteiger partial charge in [0.1, 0.15) is 11.4 Å². The molecule has 1 saturated heterocycles. The number of carbonyl (C=O) groups excluding carboxylic acids is 2. The first-order chi connectivity index (χ1) is 14.5. The highest BCUT2D eigenvalue weighted by molar-refractivity contribution is 7.99. The van der Waals surface area contributed by atoms with Gasteiger partial charge in [-0.2, -0.15) is 0 Å². The number of nitrogens with two attached hydrogens (primary N) is 1. The van der Waals surface area contributed by atoms with E-state index >= 15 is 0 Å². The van der Waals surface area contributed by atoms with Crippen LogP contribution in [0.4, 0.5) is 11.5 Å². The van der Waals surface area contributed by atoms with Crippen LogP contribution in [0.2, 0.25) is 0 Å². The second-order valence-corrected chi connectivity index (χ2v) is 7.29. The van der Waals surface area contributed by atoms with E-state index in [0.717, 1.165) is 11.8 Å². The van der Waals surface area contributed by atoms with Crippen molar-refractivity contribution in [2.75, 3.05) is 49.7 Å². The maximum atomic E-state index is 12.4. The first-order valence-corrected chi connectivity index (χ1v) is 10.4. The van der Waals surface area contributed by atoms with Gasteiger partial charge in [0.25, 0.3) is 11.5 Å². The van der Waals surface area contributed by atoms with Gasteiger partial charge in [0.2, 0.25) is 5.91 Å². The quantitative estimate of drug-likeness (QED) is 0.433. The molecule has 2 amide bonds. The van der Waals surface area contributed by atoms with Crippen LogP contribution in [0.1, 0.15) is 17.3 Å². The normalized spacial score (nSPS) is 13.7. The van der Waals surface area contributed by atoms with Gasteiger partial charge in [0, 0.05) is 18.7 Å².